The van der Waals surface area contributed by atoms with Crippen molar-refractivity contribution >= 4 is 35.0 Å². The lowest BCUT2D eigenvalue weighted by Crippen LogP contribution is -2.15. The maximum atomic E-state index is 13.6. The van der Waals surface area contributed by atoms with E-state index in [9.17, 15) is 14.0 Å². The van der Waals surface area contributed by atoms with E-state index in [0.717, 1.165) is 6.07 Å². The Balaban J connectivity index is 2.05. The molecule has 0 N–H and O–H groups in total. The Hall–Kier alpha value is -2.11. The number of carbonyl (C=O) groups excluding carboxylic acids is 2. The van der Waals surface area contributed by atoms with Crippen molar-refractivity contribution in [1.82, 2.24) is 0 Å². The van der Waals surface area contributed by atoms with Crippen molar-refractivity contribution < 1.29 is 23.5 Å². The molecule has 7 heteroatoms. The van der Waals surface area contributed by atoms with Crippen molar-refractivity contribution in [2.24, 2.45) is 0 Å². The van der Waals surface area contributed by atoms with Gasteiger partial charge < -0.3 is 9.47 Å². The van der Waals surface area contributed by atoms with Crippen LogP contribution in [0.2, 0.25) is 10.0 Å². The predicted octanol–water partition coefficient (Wildman–Crippen LogP) is 4.18. The minimum Gasteiger partial charge on any atom is -0.494 e. The van der Waals surface area contributed by atoms with Crippen LogP contribution in [0.15, 0.2) is 36.4 Å². The number of Topliss-reactive ketones (excluding diaryl/α,β-unsaturated/α-hetero) is 1. The van der Waals surface area contributed by atoms with Gasteiger partial charge in [-0.05, 0) is 30.3 Å². The summed E-state index contributed by atoms with van der Waals surface area (Å²) in [5.74, 6) is -2.01. The molecule has 0 aromatic heterocycles. The SMILES string of the molecule is COc1ccc(C(=O)COC(=O)c2cccc(Cl)c2Cl)cc1F. The molecule has 2 aromatic carbocycles. The number of carbonyl (C=O) groups is 2. The summed E-state index contributed by atoms with van der Waals surface area (Å²) in [5.41, 5.74) is 0.112. The first-order valence-electron chi connectivity index (χ1n) is 6.42. The number of hydrogen-bond acceptors (Lipinski definition) is 4. The second-order valence-electron chi connectivity index (χ2n) is 4.45. The minimum atomic E-state index is -0.792. The van der Waals surface area contributed by atoms with Crippen molar-refractivity contribution in [2.45, 2.75) is 0 Å². The molecule has 0 bridgehead atoms. The van der Waals surface area contributed by atoms with E-state index >= 15 is 0 Å². The first kappa shape index (κ1) is 17.2. The summed E-state index contributed by atoms with van der Waals surface area (Å²) < 4.78 is 23.2. The lowest BCUT2D eigenvalue weighted by atomic mass is 10.1. The summed E-state index contributed by atoms with van der Waals surface area (Å²) in [5, 5.41) is 0.242. The number of hydrogen-bond donors (Lipinski definition) is 0. The van der Waals surface area contributed by atoms with Gasteiger partial charge in [0.25, 0.3) is 0 Å². The van der Waals surface area contributed by atoms with E-state index in [2.05, 4.69) is 0 Å². The number of halogens is 3. The van der Waals surface area contributed by atoms with Gasteiger partial charge in [0.05, 0.1) is 22.7 Å². The van der Waals surface area contributed by atoms with Crippen LogP contribution in [-0.4, -0.2) is 25.5 Å². The number of ketones is 1. The van der Waals surface area contributed by atoms with E-state index in [4.69, 9.17) is 32.7 Å². The van der Waals surface area contributed by atoms with Crippen LogP contribution >= 0.6 is 23.2 Å². The fraction of sp³-hybridized carbons (Fsp3) is 0.125. The molecule has 23 heavy (non-hydrogen) atoms. The van der Waals surface area contributed by atoms with Gasteiger partial charge in [0.15, 0.2) is 24.0 Å². The quantitative estimate of drug-likeness (QED) is 0.595. The van der Waals surface area contributed by atoms with Crippen LogP contribution in [0.1, 0.15) is 20.7 Å². The highest BCUT2D eigenvalue weighted by Crippen LogP contribution is 2.26. The Morgan fingerprint density at radius 2 is 1.91 bits per heavy atom. The molecule has 0 aliphatic carbocycles. The van der Waals surface area contributed by atoms with Crippen LogP contribution in [0.5, 0.6) is 5.75 Å². The van der Waals surface area contributed by atoms with Gasteiger partial charge in [0.2, 0.25) is 0 Å². The van der Waals surface area contributed by atoms with Crippen LogP contribution < -0.4 is 4.74 Å². The van der Waals surface area contributed by atoms with Crippen LogP contribution in [-0.2, 0) is 4.74 Å². The first-order valence-corrected chi connectivity index (χ1v) is 7.17. The van der Waals surface area contributed by atoms with Crippen molar-refractivity contribution in [3.63, 3.8) is 0 Å². The zero-order valence-corrected chi connectivity index (χ0v) is 13.4. The summed E-state index contributed by atoms with van der Waals surface area (Å²) in [4.78, 5) is 23.8. The lowest BCUT2D eigenvalue weighted by Gasteiger charge is -2.07. The summed E-state index contributed by atoms with van der Waals surface area (Å²) in [6.45, 7) is -0.548. The number of rotatable bonds is 5. The highest BCUT2D eigenvalue weighted by Gasteiger charge is 2.17. The van der Waals surface area contributed by atoms with Crippen molar-refractivity contribution in [1.29, 1.82) is 0 Å². The number of esters is 1. The normalized spacial score (nSPS) is 10.3. The Morgan fingerprint density at radius 1 is 1.17 bits per heavy atom. The van der Waals surface area contributed by atoms with E-state index in [0.29, 0.717) is 0 Å². The maximum absolute atomic E-state index is 13.6. The Kier molecular flexibility index (Phi) is 5.58. The van der Waals surface area contributed by atoms with Crippen LogP contribution in [0.3, 0.4) is 0 Å². The molecule has 0 aliphatic heterocycles. The van der Waals surface area contributed by atoms with Crippen molar-refractivity contribution in [3.05, 3.63) is 63.4 Å². The van der Waals surface area contributed by atoms with Crippen LogP contribution in [0, 0.1) is 5.82 Å². The molecule has 0 spiro atoms. The van der Waals surface area contributed by atoms with E-state index in [1.165, 1.54) is 37.4 Å². The molecule has 4 nitrogen and oxygen atoms in total. The molecule has 2 aromatic rings. The second kappa shape index (κ2) is 7.44. The van der Waals surface area contributed by atoms with Gasteiger partial charge in [-0.25, -0.2) is 9.18 Å². The molecule has 120 valence electrons. The molecule has 2 rings (SSSR count). The summed E-state index contributed by atoms with van der Waals surface area (Å²) in [7, 11) is 1.32. The molecule has 0 fully saturated rings. The third-order valence-corrected chi connectivity index (χ3v) is 3.80. The molecular weight excluding hydrogens is 346 g/mol. The highest BCUT2D eigenvalue weighted by atomic mass is 35.5. The van der Waals surface area contributed by atoms with Gasteiger partial charge in [0.1, 0.15) is 0 Å². The van der Waals surface area contributed by atoms with Gasteiger partial charge in [-0.1, -0.05) is 29.3 Å². The van der Waals surface area contributed by atoms with Gasteiger partial charge in [-0.15, -0.1) is 0 Å². The number of ether oxygens (including phenoxy) is 2. The molecule has 0 amide bonds. The zero-order chi connectivity index (χ0) is 17.0. The monoisotopic (exact) mass is 356 g/mol. The number of methoxy groups -OCH3 is 1. The topological polar surface area (TPSA) is 52.6 Å². The predicted molar refractivity (Wildman–Crippen MR) is 84.0 cm³/mol. The molecule has 0 saturated carbocycles. The minimum absolute atomic E-state index is 0.0178. The molecule has 0 aliphatic rings. The summed E-state index contributed by atoms with van der Waals surface area (Å²) >= 11 is 11.7. The van der Waals surface area contributed by atoms with E-state index in [-0.39, 0.29) is 26.9 Å². The lowest BCUT2D eigenvalue weighted by molar-refractivity contribution is 0.0475. The fourth-order valence-corrected chi connectivity index (χ4v) is 2.17. The van der Waals surface area contributed by atoms with Gasteiger partial charge in [-0.2, -0.15) is 0 Å². The molecule has 0 unspecified atom stereocenters. The fourth-order valence-electron chi connectivity index (χ4n) is 1.79. The largest absolute Gasteiger partial charge is 0.494 e. The number of benzene rings is 2. The second-order valence-corrected chi connectivity index (χ2v) is 5.24. The molecule has 0 heterocycles. The van der Waals surface area contributed by atoms with Gasteiger partial charge in [0, 0.05) is 5.56 Å². The molecule has 0 radical (unpaired) electrons. The standard InChI is InChI=1S/C16H11Cl2FO4/c1-22-14-6-5-9(7-12(14)19)13(20)8-23-16(21)10-3-2-4-11(17)15(10)18/h2-7H,8H2,1H3. The zero-order valence-electron chi connectivity index (χ0n) is 11.9. The molecular formula is C16H11Cl2FO4. The average Bonchev–Trinajstić information content (AvgIpc) is 2.54. The Bertz CT molecular complexity index is 762. The smallest absolute Gasteiger partial charge is 0.340 e. The highest BCUT2D eigenvalue weighted by molar-refractivity contribution is 6.43. The summed E-state index contributed by atoms with van der Waals surface area (Å²) in [6.07, 6.45) is 0. The maximum Gasteiger partial charge on any atom is 0.340 e. The van der Waals surface area contributed by atoms with E-state index in [1.807, 2.05) is 0 Å². The third-order valence-electron chi connectivity index (χ3n) is 2.98. The van der Waals surface area contributed by atoms with Crippen LogP contribution in [0.25, 0.3) is 0 Å². The van der Waals surface area contributed by atoms with Crippen LogP contribution in [0.4, 0.5) is 4.39 Å². The summed E-state index contributed by atoms with van der Waals surface area (Å²) in [6, 6.07) is 8.19. The van der Waals surface area contributed by atoms with E-state index in [1.54, 1.807) is 0 Å². The molecule has 0 atom stereocenters. The Labute approximate surface area is 141 Å². The van der Waals surface area contributed by atoms with E-state index < -0.39 is 24.2 Å². The van der Waals surface area contributed by atoms with Crippen molar-refractivity contribution in [3.8, 4) is 5.75 Å². The third kappa shape index (κ3) is 4.00. The molecule has 0 saturated heterocycles. The van der Waals surface area contributed by atoms with Crippen molar-refractivity contribution in [2.75, 3.05) is 13.7 Å². The van der Waals surface area contributed by atoms with Gasteiger partial charge in [-0.3, -0.25) is 4.79 Å². The first-order chi connectivity index (χ1) is 10.9. The van der Waals surface area contributed by atoms with Gasteiger partial charge >= 0.3 is 5.97 Å². The Morgan fingerprint density at radius 3 is 2.57 bits per heavy atom. The average molecular weight is 357 g/mol.